The fourth-order valence-electron chi connectivity index (χ4n) is 4.10. The van der Waals surface area contributed by atoms with Gasteiger partial charge in [-0.3, -0.25) is 14.5 Å². The van der Waals surface area contributed by atoms with Crippen LogP contribution in [-0.4, -0.2) is 38.0 Å². The number of carbonyl (C=O) groups is 2. The molecule has 1 N–H and O–H groups in total. The van der Waals surface area contributed by atoms with E-state index in [2.05, 4.69) is 0 Å². The van der Waals surface area contributed by atoms with E-state index in [1.807, 2.05) is 68.4 Å². The fourth-order valence-corrected chi connectivity index (χ4v) is 4.31. The number of ketones is 1. The molecule has 3 aromatic carbocycles. The summed E-state index contributed by atoms with van der Waals surface area (Å²) in [4.78, 5) is 30.0. The minimum atomic E-state index is -0.833. The Bertz CT molecular complexity index is 1300. The van der Waals surface area contributed by atoms with Crippen LogP contribution in [0, 0.1) is 6.92 Å². The van der Waals surface area contributed by atoms with Crippen molar-refractivity contribution < 1.29 is 19.4 Å². The van der Waals surface area contributed by atoms with Crippen LogP contribution < -0.4 is 14.5 Å². The highest BCUT2D eigenvalue weighted by atomic mass is 35.5. The monoisotopic (exact) mass is 476 g/mol. The molecule has 6 nitrogen and oxygen atoms in total. The van der Waals surface area contributed by atoms with E-state index >= 15 is 0 Å². The maximum absolute atomic E-state index is 13.3. The normalized spacial score (nSPS) is 17.2. The number of ether oxygens (including phenoxy) is 1. The minimum Gasteiger partial charge on any atom is -0.507 e. The van der Waals surface area contributed by atoms with E-state index in [9.17, 15) is 14.7 Å². The third kappa shape index (κ3) is 4.13. The van der Waals surface area contributed by atoms with Gasteiger partial charge in [-0.05, 0) is 60.5 Å². The van der Waals surface area contributed by atoms with Crippen LogP contribution >= 0.6 is 11.6 Å². The number of hydrogen-bond acceptors (Lipinski definition) is 5. The number of halogens is 1. The lowest BCUT2D eigenvalue weighted by molar-refractivity contribution is -0.132. The van der Waals surface area contributed by atoms with Gasteiger partial charge >= 0.3 is 0 Å². The molecule has 1 saturated heterocycles. The van der Waals surface area contributed by atoms with Gasteiger partial charge in [-0.15, -0.1) is 0 Å². The Morgan fingerprint density at radius 3 is 2.35 bits per heavy atom. The number of anilines is 2. The standard InChI is InChI=1S/C27H25ClN2O4/c1-16-6-5-7-19(14-16)30-24(17-8-10-18(11-9-17)29(2)3)23(26(32)27(30)33)25(31)21-15-20(34-4)12-13-22(21)28/h5-15,24,31H,1-4H3/b25-23+. The summed E-state index contributed by atoms with van der Waals surface area (Å²) < 4.78 is 5.26. The van der Waals surface area contributed by atoms with Crippen LogP contribution in [-0.2, 0) is 9.59 Å². The number of nitrogens with zero attached hydrogens (tertiary/aromatic N) is 2. The van der Waals surface area contributed by atoms with Crippen molar-refractivity contribution in [2.75, 3.05) is 31.0 Å². The average molecular weight is 477 g/mol. The first-order valence-electron chi connectivity index (χ1n) is 10.7. The zero-order valence-corrected chi connectivity index (χ0v) is 20.1. The van der Waals surface area contributed by atoms with Crippen molar-refractivity contribution in [2.24, 2.45) is 0 Å². The summed E-state index contributed by atoms with van der Waals surface area (Å²) >= 11 is 6.37. The summed E-state index contributed by atoms with van der Waals surface area (Å²) in [7, 11) is 5.35. The SMILES string of the molecule is COc1ccc(Cl)c(/C(O)=C2\C(=O)C(=O)N(c3cccc(C)c3)C2c2ccc(N(C)C)cc2)c1. The molecular weight excluding hydrogens is 452 g/mol. The van der Waals surface area contributed by atoms with Crippen molar-refractivity contribution in [1.29, 1.82) is 0 Å². The Morgan fingerprint density at radius 2 is 1.74 bits per heavy atom. The largest absolute Gasteiger partial charge is 0.507 e. The molecule has 1 atom stereocenters. The molecule has 34 heavy (non-hydrogen) atoms. The Kier molecular flexibility index (Phi) is 6.35. The predicted octanol–water partition coefficient (Wildman–Crippen LogP) is 5.35. The average Bonchev–Trinajstić information content (AvgIpc) is 3.09. The van der Waals surface area contributed by atoms with Gasteiger partial charge in [-0.2, -0.15) is 0 Å². The third-order valence-electron chi connectivity index (χ3n) is 5.88. The second-order valence-electron chi connectivity index (χ2n) is 8.34. The van der Waals surface area contributed by atoms with Gasteiger partial charge in [0.1, 0.15) is 11.5 Å². The van der Waals surface area contributed by atoms with Crippen molar-refractivity contribution in [3.63, 3.8) is 0 Å². The van der Waals surface area contributed by atoms with Crippen molar-refractivity contribution in [2.45, 2.75) is 13.0 Å². The van der Waals surface area contributed by atoms with Gasteiger partial charge in [0, 0.05) is 31.0 Å². The Morgan fingerprint density at radius 1 is 1.03 bits per heavy atom. The van der Waals surface area contributed by atoms with E-state index in [0.717, 1.165) is 11.3 Å². The van der Waals surface area contributed by atoms with E-state index in [0.29, 0.717) is 17.0 Å². The first kappa shape index (κ1) is 23.4. The second-order valence-corrected chi connectivity index (χ2v) is 8.75. The lowest BCUT2D eigenvalue weighted by atomic mass is 9.94. The maximum atomic E-state index is 13.3. The van der Waals surface area contributed by atoms with Crippen molar-refractivity contribution in [3.05, 3.63) is 94.0 Å². The lowest BCUT2D eigenvalue weighted by Gasteiger charge is -2.26. The number of methoxy groups -OCH3 is 1. The zero-order chi connectivity index (χ0) is 24.6. The molecule has 1 unspecified atom stereocenters. The van der Waals surface area contributed by atoms with Gasteiger partial charge in [-0.25, -0.2) is 0 Å². The van der Waals surface area contributed by atoms with Crippen LogP contribution in [0.2, 0.25) is 5.02 Å². The molecule has 0 spiro atoms. The molecule has 7 heteroatoms. The molecule has 1 aliphatic rings. The molecule has 1 heterocycles. The number of aliphatic hydroxyl groups is 1. The number of aliphatic hydroxyl groups excluding tert-OH is 1. The lowest BCUT2D eigenvalue weighted by Crippen LogP contribution is -2.29. The van der Waals surface area contributed by atoms with Crippen LogP contribution in [0.3, 0.4) is 0 Å². The summed E-state index contributed by atoms with van der Waals surface area (Å²) in [5.41, 5.74) is 3.35. The summed E-state index contributed by atoms with van der Waals surface area (Å²) in [6, 6.07) is 18.8. The summed E-state index contributed by atoms with van der Waals surface area (Å²) in [6.07, 6.45) is 0. The highest BCUT2D eigenvalue weighted by Crippen LogP contribution is 2.43. The van der Waals surface area contributed by atoms with Crippen LogP contribution in [0.5, 0.6) is 5.75 Å². The van der Waals surface area contributed by atoms with Gasteiger partial charge in [0.15, 0.2) is 0 Å². The molecular formula is C27H25ClN2O4. The first-order valence-corrected chi connectivity index (χ1v) is 11.1. The Labute approximate surface area is 203 Å². The highest BCUT2D eigenvalue weighted by Gasteiger charge is 2.47. The number of hydrogen-bond donors (Lipinski definition) is 1. The first-order chi connectivity index (χ1) is 16.2. The van der Waals surface area contributed by atoms with Crippen molar-refractivity contribution >= 4 is 40.4 Å². The van der Waals surface area contributed by atoms with E-state index in [4.69, 9.17) is 16.3 Å². The number of rotatable bonds is 5. The van der Waals surface area contributed by atoms with Crippen LogP contribution in [0.15, 0.2) is 72.3 Å². The number of amides is 1. The van der Waals surface area contributed by atoms with E-state index in [1.54, 1.807) is 24.3 Å². The maximum Gasteiger partial charge on any atom is 0.300 e. The quantitative estimate of drug-likeness (QED) is 0.305. The van der Waals surface area contributed by atoms with Gasteiger partial charge in [0.2, 0.25) is 0 Å². The highest BCUT2D eigenvalue weighted by molar-refractivity contribution is 6.52. The molecule has 0 saturated carbocycles. The van der Waals surface area contributed by atoms with Gasteiger partial charge < -0.3 is 14.7 Å². The van der Waals surface area contributed by atoms with Crippen LogP contribution in [0.1, 0.15) is 22.7 Å². The predicted molar refractivity (Wildman–Crippen MR) is 135 cm³/mol. The van der Waals surface area contributed by atoms with E-state index < -0.39 is 17.7 Å². The van der Waals surface area contributed by atoms with Crippen LogP contribution in [0.25, 0.3) is 5.76 Å². The molecule has 3 aromatic rings. The topological polar surface area (TPSA) is 70.1 Å². The van der Waals surface area contributed by atoms with Gasteiger partial charge in [0.05, 0.1) is 23.7 Å². The van der Waals surface area contributed by atoms with E-state index in [-0.39, 0.29) is 21.9 Å². The Hall–Kier alpha value is -3.77. The number of carbonyl (C=O) groups excluding carboxylic acids is 2. The zero-order valence-electron chi connectivity index (χ0n) is 19.4. The summed E-state index contributed by atoms with van der Waals surface area (Å²) in [6.45, 7) is 1.91. The second kappa shape index (κ2) is 9.23. The fraction of sp³-hybridized carbons (Fsp3) is 0.185. The van der Waals surface area contributed by atoms with Crippen molar-refractivity contribution in [1.82, 2.24) is 0 Å². The molecule has 4 rings (SSSR count). The molecule has 1 fully saturated rings. The van der Waals surface area contributed by atoms with Crippen molar-refractivity contribution in [3.8, 4) is 5.75 Å². The summed E-state index contributed by atoms with van der Waals surface area (Å²) in [5.74, 6) is -1.38. The third-order valence-corrected chi connectivity index (χ3v) is 6.21. The molecule has 0 radical (unpaired) electrons. The van der Waals surface area contributed by atoms with Crippen LogP contribution in [0.4, 0.5) is 11.4 Å². The number of benzene rings is 3. The Balaban J connectivity index is 1.96. The molecule has 1 amide bonds. The number of aryl methyl sites for hydroxylation is 1. The van der Waals surface area contributed by atoms with Gasteiger partial charge in [0.25, 0.3) is 11.7 Å². The molecule has 174 valence electrons. The molecule has 0 aromatic heterocycles. The minimum absolute atomic E-state index is 0.0285. The van der Waals surface area contributed by atoms with Gasteiger partial charge in [-0.1, -0.05) is 35.9 Å². The summed E-state index contributed by atoms with van der Waals surface area (Å²) in [5, 5.41) is 11.6. The molecule has 1 aliphatic heterocycles. The number of Topliss-reactive ketones (excluding diaryl/α,β-unsaturated/α-hetero) is 1. The van der Waals surface area contributed by atoms with E-state index in [1.165, 1.54) is 12.0 Å². The molecule has 0 bridgehead atoms. The molecule has 0 aliphatic carbocycles. The smallest absolute Gasteiger partial charge is 0.300 e.